The zero-order chi connectivity index (χ0) is 21.3. The third-order valence-corrected chi connectivity index (χ3v) is 5.57. The largest absolute Gasteiger partial charge is 0.345 e. The number of carbonyl (C=O) groups excluding carboxylic acids is 1. The molecule has 0 atom stereocenters. The Kier molecular flexibility index (Phi) is 8.04. The third kappa shape index (κ3) is 6.17. The molecule has 1 N–H and O–H groups in total. The summed E-state index contributed by atoms with van der Waals surface area (Å²) < 4.78 is 0. The van der Waals surface area contributed by atoms with Crippen LogP contribution in [0.1, 0.15) is 25.8 Å². The average Bonchev–Trinajstić information content (AvgIpc) is 2.77. The average molecular weight is 428 g/mol. The van der Waals surface area contributed by atoms with Gasteiger partial charge in [0.2, 0.25) is 5.91 Å². The van der Waals surface area contributed by atoms with Crippen LogP contribution in [0.4, 0.5) is 0 Å². The number of hydrogen-bond acceptors (Lipinski definition) is 6. The second kappa shape index (κ2) is 10.9. The molecule has 2 fully saturated rings. The summed E-state index contributed by atoms with van der Waals surface area (Å²) in [6.45, 7) is 9.15. The molecule has 30 heavy (non-hydrogen) atoms. The van der Waals surface area contributed by atoms with Crippen molar-refractivity contribution in [3.05, 3.63) is 42.4 Å². The molecule has 3 heterocycles. The third-order valence-electron chi connectivity index (χ3n) is 5.22. The molecule has 3 rings (SSSR count). The number of amides is 1. The van der Waals surface area contributed by atoms with Crippen LogP contribution < -0.4 is 5.43 Å². The predicted octanol–water partition coefficient (Wildman–Crippen LogP) is 1.66. The Morgan fingerprint density at radius 1 is 1.17 bits per heavy atom. The number of nitrogens with zero attached hydrogens (tertiary/aromatic N) is 6. The van der Waals surface area contributed by atoms with Crippen LogP contribution in [0.25, 0.3) is 0 Å². The number of rotatable bonds is 4. The molecular formula is C21H29N7OS. The zero-order valence-electron chi connectivity index (χ0n) is 17.6. The topological polar surface area (TPSA) is 76.4 Å². The highest BCUT2D eigenvalue weighted by Crippen LogP contribution is 2.09. The summed E-state index contributed by atoms with van der Waals surface area (Å²) in [5, 5.41) is 5.16. The first kappa shape index (κ1) is 22.0. The summed E-state index contributed by atoms with van der Waals surface area (Å²) in [6, 6.07) is 4.11. The number of nitrogens with one attached hydrogen (secondary N) is 1. The van der Waals surface area contributed by atoms with Crippen LogP contribution in [0.15, 0.2) is 46.9 Å². The van der Waals surface area contributed by atoms with Gasteiger partial charge in [-0.15, -0.1) is 0 Å². The van der Waals surface area contributed by atoms with E-state index in [0.717, 1.165) is 44.1 Å². The number of likely N-dealkylation sites (tertiary alicyclic amines) is 1. The Hall–Kier alpha value is -2.65. The van der Waals surface area contributed by atoms with Crippen molar-refractivity contribution in [1.29, 1.82) is 0 Å². The van der Waals surface area contributed by atoms with Crippen molar-refractivity contribution in [2.24, 2.45) is 10.1 Å². The molecule has 9 heteroatoms. The fourth-order valence-electron chi connectivity index (χ4n) is 3.45. The highest BCUT2D eigenvalue weighted by molar-refractivity contribution is 7.80. The lowest BCUT2D eigenvalue weighted by molar-refractivity contribution is -0.128. The first-order chi connectivity index (χ1) is 14.6. The molecule has 0 aromatic carbocycles. The highest BCUT2D eigenvalue weighted by Gasteiger charge is 2.24. The van der Waals surface area contributed by atoms with E-state index in [9.17, 15) is 4.79 Å². The van der Waals surface area contributed by atoms with Gasteiger partial charge in [0.25, 0.3) is 0 Å². The number of piperazine rings is 1. The second-order valence-corrected chi connectivity index (χ2v) is 7.73. The van der Waals surface area contributed by atoms with Crippen LogP contribution >= 0.6 is 12.2 Å². The summed E-state index contributed by atoms with van der Waals surface area (Å²) >= 11 is 5.56. The molecule has 0 saturated carbocycles. The van der Waals surface area contributed by atoms with Gasteiger partial charge in [-0.1, -0.05) is 6.08 Å². The van der Waals surface area contributed by atoms with Gasteiger partial charge in [0.15, 0.2) is 5.11 Å². The zero-order valence-corrected chi connectivity index (χ0v) is 18.4. The number of aliphatic imine (C=N–C) groups is 1. The van der Waals surface area contributed by atoms with E-state index in [1.54, 1.807) is 18.0 Å². The lowest BCUT2D eigenvalue weighted by Crippen LogP contribution is -2.51. The SMILES string of the molecule is C\C=C/N=C1\CN(C(C)=O)CC\C1=N\NC(=S)N1CCN(Cc2ccncc2)CC1. The van der Waals surface area contributed by atoms with Crippen LogP contribution in [0.5, 0.6) is 0 Å². The summed E-state index contributed by atoms with van der Waals surface area (Å²) in [7, 11) is 0. The lowest BCUT2D eigenvalue weighted by atomic mass is 10.1. The number of pyridine rings is 1. The number of piperidine rings is 1. The van der Waals surface area contributed by atoms with Crippen molar-refractivity contribution in [1.82, 2.24) is 25.1 Å². The van der Waals surface area contributed by atoms with Gasteiger partial charge in [0, 0.05) is 71.2 Å². The molecule has 1 amide bonds. The minimum absolute atomic E-state index is 0.0512. The Balaban J connectivity index is 1.53. The minimum Gasteiger partial charge on any atom is -0.345 e. The van der Waals surface area contributed by atoms with E-state index in [-0.39, 0.29) is 5.91 Å². The van der Waals surface area contributed by atoms with Crippen LogP contribution in [-0.4, -0.2) is 81.4 Å². The monoisotopic (exact) mass is 427 g/mol. The van der Waals surface area contributed by atoms with Gasteiger partial charge in [-0.25, -0.2) is 0 Å². The molecule has 2 aliphatic rings. The van der Waals surface area contributed by atoms with E-state index in [1.807, 2.05) is 25.4 Å². The molecule has 0 radical (unpaired) electrons. The molecule has 0 unspecified atom stereocenters. The number of hydrogen-bond donors (Lipinski definition) is 1. The van der Waals surface area contributed by atoms with Crippen molar-refractivity contribution >= 4 is 34.7 Å². The fourth-order valence-corrected chi connectivity index (χ4v) is 3.68. The summed E-state index contributed by atoms with van der Waals surface area (Å²) in [5.74, 6) is 0.0512. The van der Waals surface area contributed by atoms with Crippen molar-refractivity contribution in [3.8, 4) is 0 Å². The van der Waals surface area contributed by atoms with Gasteiger partial charge in [0.1, 0.15) is 0 Å². The van der Waals surface area contributed by atoms with E-state index in [4.69, 9.17) is 12.2 Å². The maximum absolute atomic E-state index is 11.7. The minimum atomic E-state index is 0.0512. The van der Waals surface area contributed by atoms with E-state index in [1.165, 1.54) is 5.56 Å². The molecule has 2 saturated heterocycles. The van der Waals surface area contributed by atoms with Crippen LogP contribution in [-0.2, 0) is 11.3 Å². The van der Waals surface area contributed by atoms with Crippen LogP contribution in [0.2, 0.25) is 0 Å². The normalized spacial score (nSPS) is 20.9. The predicted molar refractivity (Wildman–Crippen MR) is 123 cm³/mol. The Morgan fingerprint density at radius 3 is 2.57 bits per heavy atom. The number of allylic oxidation sites excluding steroid dienone is 1. The van der Waals surface area contributed by atoms with Gasteiger partial charge in [-0.2, -0.15) is 5.10 Å². The number of hydrazone groups is 1. The molecule has 160 valence electrons. The molecule has 8 nitrogen and oxygen atoms in total. The first-order valence-corrected chi connectivity index (χ1v) is 10.6. The second-order valence-electron chi connectivity index (χ2n) is 7.34. The summed E-state index contributed by atoms with van der Waals surface area (Å²) in [4.78, 5) is 26.6. The first-order valence-electron chi connectivity index (χ1n) is 10.2. The fraction of sp³-hybridized carbons (Fsp3) is 0.476. The Morgan fingerprint density at radius 2 is 1.90 bits per heavy atom. The summed E-state index contributed by atoms with van der Waals surface area (Å²) in [5.41, 5.74) is 5.97. The van der Waals surface area contributed by atoms with E-state index >= 15 is 0 Å². The highest BCUT2D eigenvalue weighted by atomic mass is 32.1. The van der Waals surface area contributed by atoms with E-state index in [2.05, 4.69) is 42.4 Å². The maximum atomic E-state index is 11.7. The van der Waals surface area contributed by atoms with E-state index < -0.39 is 0 Å². The lowest BCUT2D eigenvalue weighted by Gasteiger charge is -2.35. The van der Waals surface area contributed by atoms with Gasteiger partial charge >= 0.3 is 0 Å². The molecule has 1 aromatic rings. The van der Waals surface area contributed by atoms with Crippen LogP contribution in [0, 0.1) is 0 Å². The van der Waals surface area contributed by atoms with Gasteiger partial charge in [0.05, 0.1) is 18.0 Å². The molecule has 0 bridgehead atoms. The quantitative estimate of drug-likeness (QED) is 0.582. The van der Waals surface area contributed by atoms with Gasteiger partial charge in [-0.3, -0.25) is 25.1 Å². The summed E-state index contributed by atoms with van der Waals surface area (Å²) in [6.07, 6.45) is 7.91. The number of thiocarbonyl (C=S) groups is 1. The van der Waals surface area contributed by atoms with Crippen molar-refractivity contribution in [2.45, 2.75) is 26.8 Å². The van der Waals surface area contributed by atoms with Gasteiger partial charge < -0.3 is 9.80 Å². The Bertz CT molecular complexity index is 829. The smallest absolute Gasteiger partial charge is 0.219 e. The molecule has 0 aliphatic carbocycles. The number of carbonyl (C=O) groups is 1. The number of aromatic nitrogens is 1. The van der Waals surface area contributed by atoms with Crippen LogP contribution in [0.3, 0.4) is 0 Å². The van der Waals surface area contributed by atoms with Gasteiger partial charge in [-0.05, 0) is 36.8 Å². The van der Waals surface area contributed by atoms with E-state index in [0.29, 0.717) is 24.6 Å². The molecule has 2 aliphatic heterocycles. The van der Waals surface area contributed by atoms with Crippen molar-refractivity contribution in [2.75, 3.05) is 39.3 Å². The maximum Gasteiger partial charge on any atom is 0.219 e. The van der Waals surface area contributed by atoms with Crippen molar-refractivity contribution < 1.29 is 4.79 Å². The molecule has 0 spiro atoms. The van der Waals surface area contributed by atoms with Crippen molar-refractivity contribution in [3.63, 3.8) is 0 Å². The Labute approximate surface area is 183 Å². The molecule has 1 aromatic heterocycles. The standard InChI is InChI=1S/C21H29N7OS/c1-3-7-23-20-16-28(17(2)29)10-6-19(20)24-25-21(30)27-13-11-26(12-14-27)15-18-4-8-22-9-5-18/h3-5,7-9H,6,10-16H2,1-2H3,(H,25,30)/b7-3-,23-20+,24-19-. The molecular weight excluding hydrogens is 398 g/mol.